The van der Waals surface area contributed by atoms with Gasteiger partial charge < -0.3 is 10.6 Å². The van der Waals surface area contributed by atoms with Gasteiger partial charge in [-0.25, -0.2) is 4.98 Å². The van der Waals surface area contributed by atoms with Crippen LogP contribution in [0.3, 0.4) is 0 Å². The summed E-state index contributed by atoms with van der Waals surface area (Å²) in [5.41, 5.74) is 7.04. The van der Waals surface area contributed by atoms with E-state index in [1.54, 1.807) is 6.07 Å². The van der Waals surface area contributed by atoms with E-state index in [9.17, 15) is 13.2 Å². The van der Waals surface area contributed by atoms with Crippen molar-refractivity contribution in [1.82, 2.24) is 4.98 Å². The molecule has 96 valence electrons. The molecule has 0 fully saturated rings. The van der Waals surface area contributed by atoms with Crippen molar-refractivity contribution in [2.75, 3.05) is 18.5 Å². The summed E-state index contributed by atoms with van der Waals surface area (Å²) in [6.07, 6.45) is -3.57. The van der Waals surface area contributed by atoms with Crippen molar-refractivity contribution in [3.8, 4) is 0 Å². The average Bonchev–Trinajstić information content (AvgIpc) is 2.26. The van der Waals surface area contributed by atoms with Gasteiger partial charge in [-0.05, 0) is 24.1 Å². The van der Waals surface area contributed by atoms with Gasteiger partial charge in [0.2, 0.25) is 0 Å². The lowest BCUT2D eigenvalue weighted by Gasteiger charge is -2.21. The van der Waals surface area contributed by atoms with Gasteiger partial charge in [0.25, 0.3) is 0 Å². The number of aryl methyl sites for hydroxylation is 1. The number of halogens is 3. The molecule has 1 heterocycles. The molecule has 0 radical (unpaired) electrons. The first-order chi connectivity index (χ1) is 7.85. The fourth-order valence-corrected chi connectivity index (χ4v) is 1.48. The predicted molar refractivity (Wildman–Crippen MR) is 60.8 cm³/mol. The number of nitrogens with zero attached hydrogens (tertiary/aromatic N) is 2. The highest BCUT2D eigenvalue weighted by atomic mass is 19.4. The Hall–Kier alpha value is -1.30. The molecule has 0 aliphatic rings. The van der Waals surface area contributed by atoms with Crippen molar-refractivity contribution in [3.63, 3.8) is 0 Å². The summed E-state index contributed by atoms with van der Waals surface area (Å²) < 4.78 is 36.8. The molecule has 3 nitrogen and oxygen atoms in total. The van der Waals surface area contributed by atoms with E-state index in [0.29, 0.717) is 18.8 Å². The smallest absolute Gasteiger partial charge is 0.351 e. The van der Waals surface area contributed by atoms with Crippen molar-refractivity contribution in [2.45, 2.75) is 26.1 Å². The van der Waals surface area contributed by atoms with E-state index in [1.807, 2.05) is 13.0 Å². The molecule has 0 aliphatic carbocycles. The van der Waals surface area contributed by atoms with E-state index < -0.39 is 12.7 Å². The van der Waals surface area contributed by atoms with Crippen LogP contribution in [-0.2, 0) is 13.0 Å². The number of aromatic nitrogens is 1. The van der Waals surface area contributed by atoms with Crippen LogP contribution in [0.25, 0.3) is 0 Å². The lowest BCUT2D eigenvalue weighted by molar-refractivity contribution is -0.119. The van der Waals surface area contributed by atoms with Crippen LogP contribution in [0, 0.1) is 0 Å². The first-order valence-corrected chi connectivity index (χ1v) is 5.33. The number of rotatable bonds is 4. The van der Waals surface area contributed by atoms with E-state index in [4.69, 9.17) is 5.73 Å². The lowest BCUT2D eigenvalue weighted by atomic mass is 10.2. The third kappa shape index (κ3) is 4.22. The Labute approximate surface area is 98.4 Å². The fraction of sp³-hybridized carbons (Fsp3) is 0.545. The van der Waals surface area contributed by atoms with Gasteiger partial charge >= 0.3 is 6.18 Å². The number of hydrogen-bond donors (Lipinski definition) is 1. The third-order valence-electron chi connectivity index (χ3n) is 2.33. The molecular formula is C11H16F3N3. The molecule has 0 aliphatic heterocycles. The molecular weight excluding hydrogens is 231 g/mol. The highest BCUT2D eigenvalue weighted by molar-refractivity contribution is 5.42. The summed E-state index contributed by atoms with van der Waals surface area (Å²) in [6.45, 7) is 1.18. The highest BCUT2D eigenvalue weighted by Gasteiger charge is 2.29. The molecule has 0 atom stereocenters. The molecule has 1 aromatic heterocycles. The van der Waals surface area contributed by atoms with E-state index in [0.717, 1.165) is 16.2 Å². The summed E-state index contributed by atoms with van der Waals surface area (Å²) in [4.78, 5) is 5.24. The Kier molecular flexibility index (Phi) is 4.34. The molecule has 2 N–H and O–H groups in total. The maximum atomic E-state index is 12.3. The summed E-state index contributed by atoms with van der Waals surface area (Å²) in [6, 6.07) is 3.40. The van der Waals surface area contributed by atoms with Gasteiger partial charge in [-0.3, -0.25) is 0 Å². The van der Waals surface area contributed by atoms with Gasteiger partial charge in [-0.2, -0.15) is 13.2 Å². The van der Waals surface area contributed by atoms with Crippen LogP contribution in [0.2, 0.25) is 0 Å². The van der Waals surface area contributed by atoms with Crippen molar-refractivity contribution >= 4 is 5.82 Å². The van der Waals surface area contributed by atoms with Gasteiger partial charge in [-0.15, -0.1) is 0 Å². The minimum atomic E-state index is -4.23. The average molecular weight is 247 g/mol. The van der Waals surface area contributed by atoms with Crippen LogP contribution >= 0.6 is 0 Å². The monoisotopic (exact) mass is 247 g/mol. The van der Waals surface area contributed by atoms with Crippen LogP contribution in [-0.4, -0.2) is 24.8 Å². The summed E-state index contributed by atoms with van der Waals surface area (Å²) in [5.74, 6) is 0.308. The molecule has 17 heavy (non-hydrogen) atoms. The second-order valence-electron chi connectivity index (χ2n) is 3.85. The van der Waals surface area contributed by atoms with Gasteiger partial charge in [0.1, 0.15) is 12.4 Å². The standard InChI is InChI=1S/C11H16F3N3/c1-3-9-4-8(6-15)5-10(16-9)17(2)7-11(12,13)14/h4-5H,3,6-7,15H2,1-2H3. The third-order valence-corrected chi connectivity index (χ3v) is 2.33. The van der Waals surface area contributed by atoms with E-state index in [2.05, 4.69) is 4.98 Å². The van der Waals surface area contributed by atoms with Crippen LogP contribution < -0.4 is 10.6 Å². The maximum absolute atomic E-state index is 12.3. The van der Waals surface area contributed by atoms with Gasteiger partial charge in [0.15, 0.2) is 0 Å². The van der Waals surface area contributed by atoms with Crippen molar-refractivity contribution in [1.29, 1.82) is 0 Å². The van der Waals surface area contributed by atoms with E-state index >= 15 is 0 Å². The molecule has 1 aromatic rings. The topological polar surface area (TPSA) is 42.1 Å². The van der Waals surface area contributed by atoms with Crippen molar-refractivity contribution in [2.24, 2.45) is 5.73 Å². The second kappa shape index (κ2) is 5.35. The largest absolute Gasteiger partial charge is 0.405 e. The molecule has 0 aromatic carbocycles. The SMILES string of the molecule is CCc1cc(CN)cc(N(C)CC(F)(F)F)n1. The van der Waals surface area contributed by atoms with Crippen LogP contribution in [0.1, 0.15) is 18.2 Å². The van der Waals surface area contributed by atoms with Crippen LogP contribution in [0.5, 0.6) is 0 Å². The molecule has 0 saturated carbocycles. The number of pyridine rings is 1. The van der Waals surface area contributed by atoms with Crippen LogP contribution in [0.4, 0.5) is 19.0 Å². The molecule has 0 saturated heterocycles. The highest BCUT2D eigenvalue weighted by Crippen LogP contribution is 2.20. The zero-order valence-corrected chi connectivity index (χ0v) is 9.88. The molecule has 6 heteroatoms. The number of anilines is 1. The lowest BCUT2D eigenvalue weighted by Crippen LogP contribution is -2.31. The minimum Gasteiger partial charge on any atom is -0.351 e. The predicted octanol–water partition coefficient (Wildman–Crippen LogP) is 2.10. The van der Waals surface area contributed by atoms with E-state index in [1.165, 1.54) is 7.05 Å². The number of alkyl halides is 3. The van der Waals surface area contributed by atoms with Gasteiger partial charge in [-0.1, -0.05) is 6.92 Å². The Balaban J connectivity index is 2.96. The van der Waals surface area contributed by atoms with Crippen LogP contribution in [0.15, 0.2) is 12.1 Å². The van der Waals surface area contributed by atoms with Gasteiger partial charge in [0, 0.05) is 19.3 Å². The zero-order chi connectivity index (χ0) is 13.1. The first-order valence-electron chi connectivity index (χ1n) is 5.33. The first kappa shape index (κ1) is 13.8. The van der Waals surface area contributed by atoms with Crippen molar-refractivity contribution < 1.29 is 13.2 Å². The molecule has 0 amide bonds. The minimum absolute atomic E-state index is 0.294. The Morgan fingerprint density at radius 3 is 2.47 bits per heavy atom. The Bertz CT molecular complexity index is 354. The number of hydrogen-bond acceptors (Lipinski definition) is 3. The Morgan fingerprint density at radius 2 is 2.00 bits per heavy atom. The van der Waals surface area contributed by atoms with Gasteiger partial charge in [0.05, 0.1) is 0 Å². The molecule has 0 unspecified atom stereocenters. The normalized spacial score (nSPS) is 11.6. The number of nitrogens with two attached hydrogens (primary N) is 1. The second-order valence-corrected chi connectivity index (χ2v) is 3.85. The zero-order valence-electron chi connectivity index (χ0n) is 9.88. The molecule has 0 spiro atoms. The quantitative estimate of drug-likeness (QED) is 0.886. The van der Waals surface area contributed by atoms with Crippen molar-refractivity contribution in [3.05, 3.63) is 23.4 Å². The maximum Gasteiger partial charge on any atom is 0.405 e. The van der Waals surface area contributed by atoms with E-state index in [-0.39, 0.29) is 0 Å². The molecule has 0 bridgehead atoms. The Morgan fingerprint density at radius 1 is 1.35 bits per heavy atom. The summed E-state index contributed by atoms with van der Waals surface area (Å²) >= 11 is 0. The summed E-state index contributed by atoms with van der Waals surface area (Å²) in [5, 5.41) is 0. The fourth-order valence-electron chi connectivity index (χ4n) is 1.48. The molecule has 1 rings (SSSR count). The summed E-state index contributed by atoms with van der Waals surface area (Å²) in [7, 11) is 1.37.